The number of allylic oxidation sites excluding steroid dienone is 1. The molecule has 2 aliphatic rings. The zero-order valence-corrected chi connectivity index (χ0v) is 13.2. The predicted molar refractivity (Wildman–Crippen MR) is 86.5 cm³/mol. The van der Waals surface area contributed by atoms with Crippen molar-refractivity contribution in [2.45, 2.75) is 68.4 Å². The number of rotatable bonds is 3. The molecule has 18 heavy (non-hydrogen) atoms. The third kappa shape index (κ3) is 3.94. The summed E-state index contributed by atoms with van der Waals surface area (Å²) < 4.78 is 0. The second-order valence-electron chi connectivity index (χ2n) is 5.41. The summed E-state index contributed by atoms with van der Waals surface area (Å²) in [6, 6.07) is 0.311. The smallest absolute Gasteiger partial charge is 0.0385 e. The molecule has 0 radical (unpaired) electrons. The second-order valence-corrected chi connectivity index (χ2v) is 8.04. The van der Waals surface area contributed by atoms with Gasteiger partial charge in [0.2, 0.25) is 0 Å². The Kier molecular flexibility index (Phi) is 6.46. The molecule has 0 saturated carbocycles. The molecule has 2 N–H and O–H groups in total. The normalized spacial score (nSPS) is 32.2. The van der Waals surface area contributed by atoms with Gasteiger partial charge >= 0.3 is 0 Å². The Morgan fingerprint density at radius 2 is 2.00 bits per heavy atom. The Balaban J connectivity index is 2.00. The highest BCUT2D eigenvalue weighted by atomic mass is 32.2. The molecule has 3 heteroatoms. The molecular formula is C15H27NS2. The summed E-state index contributed by atoms with van der Waals surface area (Å²) in [6.45, 7) is 2.32. The fraction of sp³-hybridized carbons (Fsp3) is 0.867. The lowest BCUT2D eigenvalue weighted by Gasteiger charge is -2.35. The van der Waals surface area contributed by atoms with Gasteiger partial charge in [-0.05, 0) is 32.1 Å². The van der Waals surface area contributed by atoms with Gasteiger partial charge in [0.25, 0.3) is 0 Å². The van der Waals surface area contributed by atoms with Crippen molar-refractivity contribution in [3.05, 3.63) is 11.6 Å². The first-order chi connectivity index (χ1) is 8.83. The molecule has 2 rings (SSSR count). The summed E-state index contributed by atoms with van der Waals surface area (Å²) in [7, 11) is 0. The van der Waals surface area contributed by atoms with Gasteiger partial charge in [0.1, 0.15) is 0 Å². The molecule has 1 nitrogen and oxygen atoms in total. The van der Waals surface area contributed by atoms with E-state index in [-0.39, 0.29) is 0 Å². The maximum atomic E-state index is 6.61. The Bertz CT molecular complexity index is 278. The van der Waals surface area contributed by atoms with Gasteiger partial charge in [-0.1, -0.05) is 31.4 Å². The van der Waals surface area contributed by atoms with Crippen LogP contribution in [-0.4, -0.2) is 28.0 Å². The van der Waals surface area contributed by atoms with Crippen molar-refractivity contribution >= 4 is 23.5 Å². The second kappa shape index (κ2) is 7.86. The Hall–Kier alpha value is 0.400. The average Bonchev–Trinajstić information content (AvgIpc) is 2.37. The average molecular weight is 286 g/mol. The van der Waals surface area contributed by atoms with Crippen LogP contribution in [0.25, 0.3) is 0 Å². The van der Waals surface area contributed by atoms with Gasteiger partial charge in [0, 0.05) is 28.0 Å². The van der Waals surface area contributed by atoms with Crippen LogP contribution in [0.1, 0.15) is 51.9 Å². The topological polar surface area (TPSA) is 26.0 Å². The third-order valence-corrected chi connectivity index (χ3v) is 7.47. The van der Waals surface area contributed by atoms with E-state index in [4.69, 9.17) is 5.73 Å². The minimum Gasteiger partial charge on any atom is -0.323 e. The van der Waals surface area contributed by atoms with Gasteiger partial charge < -0.3 is 5.73 Å². The van der Waals surface area contributed by atoms with E-state index in [0.29, 0.717) is 11.3 Å². The highest BCUT2D eigenvalue weighted by Gasteiger charge is 2.31. The van der Waals surface area contributed by atoms with E-state index >= 15 is 0 Å². The van der Waals surface area contributed by atoms with Crippen molar-refractivity contribution in [2.75, 3.05) is 11.5 Å². The van der Waals surface area contributed by atoms with E-state index in [0.717, 1.165) is 5.25 Å². The van der Waals surface area contributed by atoms with Crippen molar-refractivity contribution in [2.24, 2.45) is 5.73 Å². The number of hydrogen-bond acceptors (Lipinski definition) is 3. The van der Waals surface area contributed by atoms with E-state index in [9.17, 15) is 0 Å². The Morgan fingerprint density at radius 1 is 1.22 bits per heavy atom. The van der Waals surface area contributed by atoms with Gasteiger partial charge in [-0.2, -0.15) is 23.5 Å². The van der Waals surface area contributed by atoms with E-state index in [1.165, 1.54) is 56.5 Å². The molecule has 0 bridgehead atoms. The Morgan fingerprint density at radius 3 is 2.83 bits per heavy atom. The SMILES string of the molecule is CCC1SCCSC1C(N)C1=CCCCCCC1. The van der Waals surface area contributed by atoms with Crippen LogP contribution in [0.4, 0.5) is 0 Å². The molecule has 0 amide bonds. The van der Waals surface area contributed by atoms with E-state index < -0.39 is 0 Å². The highest BCUT2D eigenvalue weighted by Crippen LogP contribution is 2.37. The first-order valence-corrected chi connectivity index (χ1v) is 9.60. The van der Waals surface area contributed by atoms with Crippen LogP contribution in [0.3, 0.4) is 0 Å². The van der Waals surface area contributed by atoms with Crippen LogP contribution in [-0.2, 0) is 0 Å². The molecule has 1 fully saturated rings. The van der Waals surface area contributed by atoms with Crippen molar-refractivity contribution in [3.63, 3.8) is 0 Å². The first kappa shape index (κ1) is 14.8. The van der Waals surface area contributed by atoms with Crippen molar-refractivity contribution in [1.82, 2.24) is 0 Å². The fourth-order valence-electron chi connectivity index (χ4n) is 3.00. The molecule has 3 atom stereocenters. The van der Waals surface area contributed by atoms with Gasteiger partial charge in [-0.3, -0.25) is 0 Å². The van der Waals surface area contributed by atoms with Gasteiger partial charge in [0.05, 0.1) is 0 Å². The summed E-state index contributed by atoms with van der Waals surface area (Å²) in [5.74, 6) is 2.60. The summed E-state index contributed by atoms with van der Waals surface area (Å²) >= 11 is 4.27. The molecule has 1 aliphatic heterocycles. The fourth-order valence-corrected chi connectivity index (χ4v) is 6.20. The first-order valence-electron chi connectivity index (χ1n) is 7.50. The summed E-state index contributed by atoms with van der Waals surface area (Å²) in [5.41, 5.74) is 8.17. The lowest BCUT2D eigenvalue weighted by molar-refractivity contribution is 0.578. The maximum Gasteiger partial charge on any atom is 0.0385 e. The molecule has 3 unspecified atom stereocenters. The number of hydrogen-bond donors (Lipinski definition) is 1. The largest absolute Gasteiger partial charge is 0.323 e. The molecule has 1 heterocycles. The van der Waals surface area contributed by atoms with Crippen LogP contribution in [0.2, 0.25) is 0 Å². The van der Waals surface area contributed by atoms with Crippen LogP contribution < -0.4 is 5.73 Å². The van der Waals surface area contributed by atoms with Gasteiger partial charge in [0.15, 0.2) is 0 Å². The van der Waals surface area contributed by atoms with Crippen molar-refractivity contribution in [3.8, 4) is 0 Å². The van der Waals surface area contributed by atoms with Crippen LogP contribution in [0, 0.1) is 0 Å². The molecule has 0 aromatic rings. The monoisotopic (exact) mass is 285 g/mol. The summed E-state index contributed by atoms with van der Waals surface area (Å²) in [6.07, 6.45) is 11.8. The molecule has 1 aliphatic carbocycles. The standard InChI is InChI=1S/C15H27NS2/c1-2-13-15(18-11-10-17-13)14(16)12-8-6-4-3-5-7-9-12/h8,13-15H,2-7,9-11,16H2,1H3. The van der Waals surface area contributed by atoms with Crippen LogP contribution >= 0.6 is 23.5 Å². The highest BCUT2D eigenvalue weighted by molar-refractivity contribution is 8.07. The molecular weight excluding hydrogens is 258 g/mol. The number of thioether (sulfide) groups is 2. The van der Waals surface area contributed by atoms with E-state index in [1.54, 1.807) is 5.57 Å². The molecule has 0 aromatic carbocycles. The van der Waals surface area contributed by atoms with E-state index in [2.05, 4.69) is 36.5 Å². The summed E-state index contributed by atoms with van der Waals surface area (Å²) in [4.78, 5) is 0. The maximum absolute atomic E-state index is 6.61. The summed E-state index contributed by atoms with van der Waals surface area (Å²) in [5, 5.41) is 1.42. The van der Waals surface area contributed by atoms with Gasteiger partial charge in [-0.15, -0.1) is 0 Å². The molecule has 0 aromatic heterocycles. The van der Waals surface area contributed by atoms with Crippen LogP contribution in [0.15, 0.2) is 11.6 Å². The zero-order valence-electron chi connectivity index (χ0n) is 11.6. The minimum atomic E-state index is 0.311. The quantitative estimate of drug-likeness (QED) is 0.786. The minimum absolute atomic E-state index is 0.311. The predicted octanol–water partition coefficient (Wildman–Crippen LogP) is 4.22. The van der Waals surface area contributed by atoms with E-state index in [1.807, 2.05) is 0 Å². The third-order valence-electron chi connectivity index (χ3n) is 4.10. The molecule has 1 saturated heterocycles. The molecule has 104 valence electrons. The lowest BCUT2D eigenvalue weighted by Crippen LogP contribution is -2.43. The van der Waals surface area contributed by atoms with Crippen molar-refractivity contribution < 1.29 is 0 Å². The zero-order chi connectivity index (χ0) is 12.8. The lowest BCUT2D eigenvalue weighted by atomic mass is 9.92. The van der Waals surface area contributed by atoms with Crippen molar-refractivity contribution in [1.29, 1.82) is 0 Å². The Labute approximate surface area is 121 Å². The molecule has 0 spiro atoms. The van der Waals surface area contributed by atoms with Crippen LogP contribution in [0.5, 0.6) is 0 Å². The number of nitrogens with two attached hydrogens (primary N) is 1. The van der Waals surface area contributed by atoms with Gasteiger partial charge in [-0.25, -0.2) is 0 Å².